The van der Waals surface area contributed by atoms with Gasteiger partial charge in [-0.15, -0.1) is 22.7 Å². The van der Waals surface area contributed by atoms with E-state index in [2.05, 4.69) is 39.6 Å². The lowest BCUT2D eigenvalue weighted by Gasteiger charge is -2.53. The molecule has 3 aromatic heterocycles. The second kappa shape index (κ2) is 7.51. The van der Waals surface area contributed by atoms with Crippen LogP contribution in [0.25, 0.3) is 20.7 Å². The summed E-state index contributed by atoms with van der Waals surface area (Å²) in [6.07, 6.45) is 4.69. The van der Waals surface area contributed by atoms with Crippen LogP contribution < -0.4 is 5.32 Å². The summed E-state index contributed by atoms with van der Waals surface area (Å²) >= 11 is 3.32. The topological polar surface area (TPSA) is 64.1 Å². The molecule has 7 heteroatoms. The highest BCUT2D eigenvalue weighted by Gasteiger charge is 2.50. The third-order valence-corrected chi connectivity index (χ3v) is 8.10. The molecule has 31 heavy (non-hydrogen) atoms. The van der Waals surface area contributed by atoms with Crippen molar-refractivity contribution in [2.45, 2.75) is 25.3 Å². The standard InChI is InChI=1S/C24H21N3O2S2/c28-23(26-18-9-24(10-18)12-29-13-24)20-8-17(22-19(27-20)5-6-30-22)7-15-1-3-16(4-2-15)21-11-25-14-31-21/h1-6,8,11,14,18H,7,9-10,12-13H2,(H,26,28). The Kier molecular flexibility index (Phi) is 4.63. The van der Waals surface area contributed by atoms with Crippen LogP contribution in [0.3, 0.4) is 0 Å². The zero-order chi connectivity index (χ0) is 20.8. The van der Waals surface area contributed by atoms with Gasteiger partial charge in [0.25, 0.3) is 5.91 Å². The second-order valence-corrected chi connectivity index (χ2v) is 10.4. The number of nitrogens with zero attached hydrogens (tertiary/aromatic N) is 2. The molecule has 2 fully saturated rings. The fraction of sp³-hybridized carbons (Fsp3) is 0.292. The van der Waals surface area contributed by atoms with Crippen molar-refractivity contribution in [3.05, 3.63) is 70.3 Å². The van der Waals surface area contributed by atoms with Crippen molar-refractivity contribution < 1.29 is 9.53 Å². The summed E-state index contributed by atoms with van der Waals surface area (Å²) in [5.41, 5.74) is 7.12. The number of hydrogen-bond acceptors (Lipinski definition) is 6. The van der Waals surface area contributed by atoms with E-state index >= 15 is 0 Å². The first-order valence-corrected chi connectivity index (χ1v) is 12.2. The van der Waals surface area contributed by atoms with Gasteiger partial charge in [-0.3, -0.25) is 9.78 Å². The van der Waals surface area contributed by atoms with Crippen LogP contribution >= 0.6 is 22.7 Å². The van der Waals surface area contributed by atoms with Gasteiger partial charge in [-0.05, 0) is 53.5 Å². The molecule has 6 rings (SSSR count). The number of nitrogens with one attached hydrogen (secondary N) is 1. The minimum absolute atomic E-state index is 0.0741. The number of pyridine rings is 1. The van der Waals surface area contributed by atoms with Gasteiger partial charge in [0.15, 0.2) is 0 Å². The number of thiophene rings is 1. The van der Waals surface area contributed by atoms with E-state index in [1.807, 2.05) is 29.2 Å². The molecule has 1 saturated carbocycles. The van der Waals surface area contributed by atoms with Crippen molar-refractivity contribution in [1.82, 2.24) is 15.3 Å². The predicted octanol–water partition coefficient (Wildman–Crippen LogP) is 4.92. The van der Waals surface area contributed by atoms with Crippen LogP contribution in [0.1, 0.15) is 34.5 Å². The summed E-state index contributed by atoms with van der Waals surface area (Å²) < 4.78 is 6.48. The number of aromatic nitrogens is 2. The smallest absolute Gasteiger partial charge is 0.270 e. The monoisotopic (exact) mass is 447 g/mol. The average Bonchev–Trinajstić information content (AvgIpc) is 3.41. The Hall–Kier alpha value is -2.61. The first-order valence-electron chi connectivity index (χ1n) is 10.4. The zero-order valence-corrected chi connectivity index (χ0v) is 18.5. The summed E-state index contributed by atoms with van der Waals surface area (Å²) in [4.78, 5) is 22.9. The molecule has 2 aliphatic rings. The Morgan fingerprint density at radius 1 is 1.16 bits per heavy atom. The normalized spacial score (nSPS) is 17.4. The van der Waals surface area contributed by atoms with Crippen molar-refractivity contribution in [3.8, 4) is 10.4 Å². The molecule has 1 saturated heterocycles. The van der Waals surface area contributed by atoms with Crippen LogP contribution in [0.4, 0.5) is 0 Å². The molecule has 0 atom stereocenters. The largest absolute Gasteiger partial charge is 0.380 e. The molecule has 0 unspecified atom stereocenters. The van der Waals surface area contributed by atoms with Crippen molar-refractivity contribution in [2.75, 3.05) is 13.2 Å². The van der Waals surface area contributed by atoms with Gasteiger partial charge in [0.2, 0.25) is 0 Å². The van der Waals surface area contributed by atoms with Crippen molar-refractivity contribution in [2.24, 2.45) is 5.41 Å². The fourth-order valence-electron chi connectivity index (χ4n) is 4.61. The Labute approximate surface area is 188 Å². The number of thiazole rings is 1. The van der Waals surface area contributed by atoms with Gasteiger partial charge in [0.05, 0.1) is 33.8 Å². The lowest BCUT2D eigenvalue weighted by Crippen LogP contribution is -2.59. The molecule has 1 N–H and O–H groups in total. The van der Waals surface area contributed by atoms with E-state index in [4.69, 9.17) is 4.74 Å². The van der Waals surface area contributed by atoms with Crippen LogP contribution in [-0.2, 0) is 11.2 Å². The lowest BCUT2D eigenvalue weighted by atomic mass is 9.64. The number of ether oxygens (including phenoxy) is 1. The predicted molar refractivity (Wildman–Crippen MR) is 124 cm³/mol. The van der Waals surface area contributed by atoms with Crippen molar-refractivity contribution in [3.63, 3.8) is 0 Å². The van der Waals surface area contributed by atoms with Crippen LogP contribution in [-0.4, -0.2) is 35.1 Å². The molecule has 1 spiro atoms. The SMILES string of the molecule is O=C(NC1CC2(COC2)C1)c1cc(Cc2ccc(-c3cncs3)cc2)c2sccc2n1. The highest BCUT2D eigenvalue weighted by molar-refractivity contribution is 7.17. The quantitative estimate of drug-likeness (QED) is 0.472. The van der Waals surface area contributed by atoms with Crippen LogP contribution in [0, 0.1) is 5.41 Å². The Bertz CT molecular complexity index is 1240. The van der Waals surface area contributed by atoms with Gasteiger partial charge in [-0.2, -0.15) is 0 Å². The van der Waals surface area contributed by atoms with E-state index in [9.17, 15) is 4.79 Å². The van der Waals surface area contributed by atoms with Gasteiger partial charge in [-0.25, -0.2) is 4.98 Å². The van der Waals surface area contributed by atoms with E-state index in [0.29, 0.717) is 11.1 Å². The molecule has 4 heterocycles. The number of benzene rings is 1. The summed E-state index contributed by atoms with van der Waals surface area (Å²) in [7, 11) is 0. The van der Waals surface area contributed by atoms with E-state index < -0.39 is 0 Å². The number of amides is 1. The molecule has 1 aromatic carbocycles. The number of carbonyl (C=O) groups is 1. The second-order valence-electron chi connectivity index (χ2n) is 8.61. The Morgan fingerprint density at radius 3 is 2.71 bits per heavy atom. The maximum Gasteiger partial charge on any atom is 0.270 e. The minimum Gasteiger partial charge on any atom is -0.380 e. The lowest BCUT2D eigenvalue weighted by molar-refractivity contribution is -0.165. The van der Waals surface area contributed by atoms with Crippen LogP contribution in [0.5, 0.6) is 0 Å². The van der Waals surface area contributed by atoms with Gasteiger partial charge in [0, 0.05) is 17.7 Å². The molecule has 5 nitrogen and oxygen atoms in total. The number of fused-ring (bicyclic) bond motifs is 1. The summed E-state index contributed by atoms with van der Waals surface area (Å²) in [5.74, 6) is -0.0741. The third-order valence-electron chi connectivity index (χ3n) is 6.30. The molecule has 0 radical (unpaired) electrons. The highest BCUT2D eigenvalue weighted by atomic mass is 32.1. The molecule has 0 bridgehead atoms. The minimum atomic E-state index is -0.0741. The molecule has 1 aliphatic carbocycles. The van der Waals surface area contributed by atoms with E-state index in [1.54, 1.807) is 22.7 Å². The Balaban J connectivity index is 1.22. The van der Waals surface area contributed by atoms with Gasteiger partial charge < -0.3 is 10.1 Å². The van der Waals surface area contributed by atoms with Gasteiger partial charge >= 0.3 is 0 Å². The molecular weight excluding hydrogens is 426 g/mol. The van der Waals surface area contributed by atoms with Crippen LogP contribution in [0.15, 0.2) is 53.5 Å². The zero-order valence-electron chi connectivity index (χ0n) is 16.8. The molecule has 1 amide bonds. The van der Waals surface area contributed by atoms with E-state index in [-0.39, 0.29) is 11.9 Å². The summed E-state index contributed by atoms with van der Waals surface area (Å²) in [6.45, 7) is 1.68. The summed E-state index contributed by atoms with van der Waals surface area (Å²) in [6, 6.07) is 12.8. The first kappa shape index (κ1) is 19.1. The highest BCUT2D eigenvalue weighted by Crippen LogP contribution is 2.46. The van der Waals surface area contributed by atoms with Crippen molar-refractivity contribution >= 4 is 38.8 Å². The molecular formula is C24H21N3O2S2. The van der Waals surface area contributed by atoms with E-state index in [0.717, 1.165) is 48.3 Å². The Morgan fingerprint density at radius 2 is 2.00 bits per heavy atom. The fourth-order valence-corrected chi connectivity index (χ4v) is 6.09. The number of hydrogen-bond donors (Lipinski definition) is 1. The van der Waals surface area contributed by atoms with Gasteiger partial charge in [0.1, 0.15) is 5.69 Å². The maximum atomic E-state index is 12.9. The van der Waals surface area contributed by atoms with Crippen molar-refractivity contribution in [1.29, 1.82) is 0 Å². The average molecular weight is 448 g/mol. The number of rotatable bonds is 5. The number of carbonyl (C=O) groups excluding carboxylic acids is 1. The molecule has 156 valence electrons. The molecule has 1 aliphatic heterocycles. The first-order chi connectivity index (χ1) is 15.2. The van der Waals surface area contributed by atoms with Crippen LogP contribution in [0.2, 0.25) is 0 Å². The van der Waals surface area contributed by atoms with E-state index in [1.165, 1.54) is 16.0 Å². The summed E-state index contributed by atoms with van der Waals surface area (Å²) in [5, 5.41) is 5.21. The molecule has 4 aromatic rings. The maximum absolute atomic E-state index is 12.9. The third kappa shape index (κ3) is 3.56. The van der Waals surface area contributed by atoms with Gasteiger partial charge in [-0.1, -0.05) is 24.3 Å².